The molecule has 1 nitrogen and oxygen atoms in total. The van der Waals surface area contributed by atoms with Gasteiger partial charge in [0.25, 0.3) is 0 Å². The lowest BCUT2D eigenvalue weighted by Crippen LogP contribution is -1.92. The van der Waals surface area contributed by atoms with Gasteiger partial charge in [-0.05, 0) is 43.5 Å². The van der Waals surface area contributed by atoms with E-state index in [1.54, 1.807) is 0 Å². The largest absolute Gasteiger partial charge is 0.494 e. The summed E-state index contributed by atoms with van der Waals surface area (Å²) < 4.78 is 5.48. The highest BCUT2D eigenvalue weighted by atomic mass is 16.5. The second-order valence-electron chi connectivity index (χ2n) is 3.80. The molecular weight excluding hydrogens is 196 g/mol. The van der Waals surface area contributed by atoms with Crippen LogP contribution < -0.4 is 4.74 Å². The van der Waals surface area contributed by atoms with E-state index in [-0.39, 0.29) is 0 Å². The van der Waals surface area contributed by atoms with E-state index < -0.39 is 0 Å². The van der Waals surface area contributed by atoms with Crippen LogP contribution in [0.15, 0.2) is 36.4 Å². The van der Waals surface area contributed by atoms with Crippen molar-refractivity contribution < 1.29 is 4.74 Å². The normalized spacial score (nSPS) is 10.7. The number of benzene rings is 1. The van der Waals surface area contributed by atoms with E-state index in [4.69, 9.17) is 4.74 Å². The number of hydrogen-bond acceptors (Lipinski definition) is 1. The van der Waals surface area contributed by atoms with Crippen molar-refractivity contribution in [3.8, 4) is 5.75 Å². The third-order valence-corrected chi connectivity index (χ3v) is 2.51. The molecule has 1 aromatic carbocycles. The highest BCUT2D eigenvalue weighted by Crippen LogP contribution is 2.19. The van der Waals surface area contributed by atoms with Crippen LogP contribution in [0.2, 0.25) is 0 Å². The van der Waals surface area contributed by atoms with Crippen molar-refractivity contribution >= 4 is 6.08 Å². The molecule has 0 radical (unpaired) electrons. The Morgan fingerprint density at radius 1 is 1.38 bits per heavy atom. The molecule has 0 saturated heterocycles. The van der Waals surface area contributed by atoms with Crippen LogP contribution in [0.4, 0.5) is 0 Å². The zero-order chi connectivity index (χ0) is 12.0. The van der Waals surface area contributed by atoms with Crippen molar-refractivity contribution in [2.75, 3.05) is 6.61 Å². The molecule has 0 spiro atoms. The average Bonchev–Trinajstić information content (AvgIpc) is 2.29. The van der Waals surface area contributed by atoms with Crippen LogP contribution in [-0.4, -0.2) is 6.61 Å². The topological polar surface area (TPSA) is 9.23 Å². The van der Waals surface area contributed by atoms with Crippen molar-refractivity contribution in [3.63, 3.8) is 0 Å². The smallest absolute Gasteiger partial charge is 0.119 e. The van der Waals surface area contributed by atoms with Crippen molar-refractivity contribution in [2.24, 2.45) is 0 Å². The molecule has 16 heavy (non-hydrogen) atoms. The molecule has 0 amide bonds. The van der Waals surface area contributed by atoms with E-state index >= 15 is 0 Å². The van der Waals surface area contributed by atoms with Gasteiger partial charge in [-0.3, -0.25) is 0 Å². The van der Waals surface area contributed by atoms with Crippen LogP contribution in [0.3, 0.4) is 0 Å². The van der Waals surface area contributed by atoms with Gasteiger partial charge in [0.2, 0.25) is 0 Å². The molecule has 0 aliphatic carbocycles. The summed E-state index contributed by atoms with van der Waals surface area (Å²) in [6.07, 6.45) is 5.16. The van der Waals surface area contributed by atoms with E-state index in [1.807, 2.05) is 13.0 Å². The van der Waals surface area contributed by atoms with Crippen molar-refractivity contribution in [3.05, 3.63) is 47.6 Å². The SMILES string of the molecule is C=C(/C=C\c1cc(OCC)ccc1C)CC. The summed E-state index contributed by atoms with van der Waals surface area (Å²) >= 11 is 0. The number of ether oxygens (including phenoxy) is 1. The summed E-state index contributed by atoms with van der Waals surface area (Å²) in [4.78, 5) is 0. The van der Waals surface area contributed by atoms with Gasteiger partial charge in [0.05, 0.1) is 6.61 Å². The van der Waals surface area contributed by atoms with E-state index in [0.717, 1.165) is 17.7 Å². The first-order valence-electron chi connectivity index (χ1n) is 5.76. The molecule has 86 valence electrons. The Labute approximate surface area is 98.5 Å². The first-order chi connectivity index (χ1) is 7.67. The Morgan fingerprint density at radius 3 is 2.75 bits per heavy atom. The fourth-order valence-electron chi connectivity index (χ4n) is 1.38. The first kappa shape index (κ1) is 12.6. The first-order valence-corrected chi connectivity index (χ1v) is 5.76. The Bertz CT molecular complexity index is 388. The maximum absolute atomic E-state index is 5.48. The van der Waals surface area contributed by atoms with Crippen LogP contribution in [0.25, 0.3) is 6.08 Å². The summed E-state index contributed by atoms with van der Waals surface area (Å²) in [6.45, 7) is 10.9. The molecule has 0 aliphatic heterocycles. The van der Waals surface area contributed by atoms with Gasteiger partial charge in [-0.2, -0.15) is 0 Å². The summed E-state index contributed by atoms with van der Waals surface area (Å²) in [5, 5.41) is 0. The molecule has 0 N–H and O–H groups in total. The van der Waals surface area contributed by atoms with Gasteiger partial charge in [0.1, 0.15) is 5.75 Å². The van der Waals surface area contributed by atoms with Crippen LogP contribution in [0.5, 0.6) is 5.75 Å². The van der Waals surface area contributed by atoms with Crippen molar-refractivity contribution in [1.29, 1.82) is 0 Å². The standard InChI is InChI=1S/C15H20O/c1-5-12(3)7-9-14-11-15(16-6-2)10-8-13(14)4/h7-11H,3,5-6H2,1-2,4H3/b9-7-. The molecule has 0 atom stereocenters. The fourth-order valence-corrected chi connectivity index (χ4v) is 1.38. The van der Waals surface area contributed by atoms with Crippen LogP contribution in [-0.2, 0) is 0 Å². The van der Waals surface area contributed by atoms with E-state index in [0.29, 0.717) is 6.61 Å². The summed E-state index contributed by atoms with van der Waals surface area (Å²) in [5.74, 6) is 0.926. The van der Waals surface area contributed by atoms with Gasteiger partial charge in [-0.15, -0.1) is 0 Å². The molecule has 0 aromatic heterocycles. The number of rotatable bonds is 5. The maximum atomic E-state index is 5.48. The zero-order valence-corrected chi connectivity index (χ0v) is 10.4. The molecule has 0 fully saturated rings. The van der Waals surface area contributed by atoms with Crippen LogP contribution >= 0.6 is 0 Å². The monoisotopic (exact) mass is 216 g/mol. The van der Waals surface area contributed by atoms with E-state index in [1.165, 1.54) is 11.1 Å². The number of allylic oxidation sites excluding steroid dienone is 2. The zero-order valence-electron chi connectivity index (χ0n) is 10.4. The minimum Gasteiger partial charge on any atom is -0.494 e. The Hall–Kier alpha value is -1.50. The highest BCUT2D eigenvalue weighted by Gasteiger charge is 1.97. The quantitative estimate of drug-likeness (QED) is 0.664. The number of hydrogen-bond donors (Lipinski definition) is 0. The molecule has 0 bridgehead atoms. The summed E-state index contributed by atoms with van der Waals surface area (Å²) in [7, 11) is 0. The summed E-state index contributed by atoms with van der Waals surface area (Å²) in [6, 6.07) is 6.16. The van der Waals surface area contributed by atoms with Gasteiger partial charge in [-0.1, -0.05) is 37.3 Å². The van der Waals surface area contributed by atoms with Crippen LogP contribution in [0.1, 0.15) is 31.4 Å². The van der Waals surface area contributed by atoms with Crippen LogP contribution in [0, 0.1) is 6.92 Å². The Morgan fingerprint density at radius 2 is 2.12 bits per heavy atom. The van der Waals surface area contributed by atoms with Gasteiger partial charge < -0.3 is 4.74 Å². The molecule has 1 aromatic rings. The van der Waals surface area contributed by atoms with Gasteiger partial charge >= 0.3 is 0 Å². The Balaban J connectivity index is 2.89. The second kappa shape index (κ2) is 6.16. The third kappa shape index (κ3) is 3.58. The Kier molecular flexibility index (Phi) is 4.84. The fraction of sp³-hybridized carbons (Fsp3) is 0.333. The molecular formula is C15H20O. The molecule has 0 heterocycles. The lowest BCUT2D eigenvalue weighted by molar-refractivity contribution is 0.340. The third-order valence-electron chi connectivity index (χ3n) is 2.51. The van der Waals surface area contributed by atoms with Gasteiger partial charge in [0.15, 0.2) is 0 Å². The minimum absolute atomic E-state index is 0.702. The molecule has 1 rings (SSSR count). The van der Waals surface area contributed by atoms with E-state index in [9.17, 15) is 0 Å². The molecule has 1 heteroatoms. The lowest BCUT2D eigenvalue weighted by Gasteiger charge is -2.06. The maximum Gasteiger partial charge on any atom is 0.119 e. The molecule has 0 unspecified atom stereocenters. The van der Waals surface area contributed by atoms with E-state index in [2.05, 4.69) is 44.7 Å². The summed E-state index contributed by atoms with van der Waals surface area (Å²) in [5.41, 5.74) is 3.59. The van der Waals surface area contributed by atoms with Gasteiger partial charge in [-0.25, -0.2) is 0 Å². The van der Waals surface area contributed by atoms with Gasteiger partial charge in [0, 0.05) is 0 Å². The molecule has 0 aliphatic rings. The van der Waals surface area contributed by atoms with Crippen molar-refractivity contribution in [2.45, 2.75) is 27.2 Å². The highest BCUT2D eigenvalue weighted by molar-refractivity contribution is 5.58. The van der Waals surface area contributed by atoms with Crippen molar-refractivity contribution in [1.82, 2.24) is 0 Å². The average molecular weight is 216 g/mol. The predicted octanol–water partition coefficient (Wildman–Crippen LogP) is 4.37. The second-order valence-corrected chi connectivity index (χ2v) is 3.80. The minimum atomic E-state index is 0.702. The number of aryl methyl sites for hydroxylation is 1. The molecule has 0 saturated carbocycles. The lowest BCUT2D eigenvalue weighted by atomic mass is 10.1. The predicted molar refractivity (Wildman–Crippen MR) is 70.8 cm³/mol.